The first-order valence-electron chi connectivity index (χ1n) is 7.64. The molecule has 2 aromatic rings. The lowest BCUT2D eigenvalue weighted by atomic mass is 9.87. The fourth-order valence-corrected chi connectivity index (χ4v) is 3.08. The number of aryl methyl sites for hydroxylation is 1. The molecule has 3 rings (SSSR count). The van der Waals surface area contributed by atoms with Gasteiger partial charge >= 0.3 is 0 Å². The van der Waals surface area contributed by atoms with Gasteiger partial charge in [0, 0.05) is 5.56 Å². The van der Waals surface area contributed by atoms with E-state index >= 15 is 0 Å². The highest BCUT2D eigenvalue weighted by atomic mass is 19.2. The topological polar surface area (TPSA) is 0 Å². The van der Waals surface area contributed by atoms with Gasteiger partial charge in [-0.05, 0) is 59.7 Å². The average Bonchev–Trinajstić information content (AvgIpc) is 2.51. The molecule has 23 heavy (non-hydrogen) atoms. The minimum Gasteiger partial charge on any atom is -0.206 e. The zero-order valence-electron chi connectivity index (χ0n) is 12.7. The molecule has 0 fully saturated rings. The summed E-state index contributed by atoms with van der Waals surface area (Å²) in [6, 6.07) is 5.23. The van der Waals surface area contributed by atoms with E-state index in [9.17, 15) is 17.6 Å². The highest BCUT2D eigenvalue weighted by molar-refractivity contribution is 5.71. The fourth-order valence-electron chi connectivity index (χ4n) is 3.08. The van der Waals surface area contributed by atoms with E-state index in [0.717, 1.165) is 12.5 Å². The summed E-state index contributed by atoms with van der Waals surface area (Å²) in [6.07, 6.45) is 3.31. The molecular weight excluding hydrogens is 304 g/mol. The number of benzene rings is 2. The number of rotatable bonds is 3. The van der Waals surface area contributed by atoms with Gasteiger partial charge in [0.2, 0.25) is 0 Å². The first kappa shape index (κ1) is 15.8. The molecule has 2 aromatic carbocycles. The number of hydrogen-bond donors (Lipinski definition) is 0. The molecule has 1 aliphatic carbocycles. The van der Waals surface area contributed by atoms with Gasteiger partial charge in [-0.2, -0.15) is 0 Å². The van der Waals surface area contributed by atoms with Crippen LogP contribution in [0, 0.1) is 23.3 Å². The SMILES string of the molecule is CCCc1cc(F)c(C2=CCc3c(ccc(F)c3F)C2)c(F)c1. The van der Waals surface area contributed by atoms with Gasteiger partial charge in [-0.1, -0.05) is 25.5 Å². The smallest absolute Gasteiger partial charge is 0.162 e. The molecule has 1 aliphatic rings. The molecule has 0 radical (unpaired) electrons. The van der Waals surface area contributed by atoms with Crippen LogP contribution in [0.3, 0.4) is 0 Å². The van der Waals surface area contributed by atoms with Crippen LogP contribution in [0.4, 0.5) is 17.6 Å². The average molecular weight is 320 g/mol. The van der Waals surface area contributed by atoms with Gasteiger partial charge < -0.3 is 0 Å². The van der Waals surface area contributed by atoms with Crippen molar-refractivity contribution in [1.82, 2.24) is 0 Å². The zero-order valence-corrected chi connectivity index (χ0v) is 12.7. The second kappa shape index (κ2) is 6.19. The van der Waals surface area contributed by atoms with E-state index in [1.807, 2.05) is 6.92 Å². The minimum absolute atomic E-state index is 0.0692. The standard InChI is InChI=1S/C19H16F4/c1-2-3-11-8-16(21)18(17(22)9-11)13-4-6-14-12(10-13)5-7-15(20)19(14)23/h4-5,7-9H,2-3,6,10H2,1H3. The highest BCUT2D eigenvalue weighted by Crippen LogP contribution is 2.33. The van der Waals surface area contributed by atoms with Crippen LogP contribution in [0.2, 0.25) is 0 Å². The first-order chi connectivity index (χ1) is 11.0. The number of halogens is 4. The maximum Gasteiger partial charge on any atom is 0.162 e. The van der Waals surface area contributed by atoms with Crippen LogP contribution in [0.1, 0.15) is 35.6 Å². The van der Waals surface area contributed by atoms with Gasteiger partial charge in [-0.25, -0.2) is 17.6 Å². The Bertz CT molecular complexity index is 767. The number of allylic oxidation sites excluding steroid dienone is 2. The van der Waals surface area contributed by atoms with Gasteiger partial charge in [0.05, 0.1) is 0 Å². The molecule has 0 atom stereocenters. The summed E-state index contributed by atoms with van der Waals surface area (Å²) in [5, 5.41) is 0. The number of fused-ring (bicyclic) bond motifs is 1. The molecule has 0 heterocycles. The normalized spacial score (nSPS) is 13.7. The molecule has 0 N–H and O–H groups in total. The summed E-state index contributed by atoms with van der Waals surface area (Å²) >= 11 is 0. The molecular formula is C19H16F4. The third-order valence-corrected chi connectivity index (χ3v) is 4.19. The molecule has 0 aromatic heterocycles. The minimum atomic E-state index is -0.901. The van der Waals surface area contributed by atoms with Gasteiger partial charge in [0.15, 0.2) is 11.6 Å². The third kappa shape index (κ3) is 2.90. The molecule has 0 aliphatic heterocycles. The van der Waals surface area contributed by atoms with Crippen LogP contribution in [0.15, 0.2) is 30.3 Å². The molecule has 0 spiro atoms. The van der Waals surface area contributed by atoms with Crippen molar-refractivity contribution in [3.63, 3.8) is 0 Å². The van der Waals surface area contributed by atoms with E-state index in [4.69, 9.17) is 0 Å². The summed E-state index contributed by atoms with van der Waals surface area (Å²) < 4.78 is 55.7. The van der Waals surface area contributed by atoms with Crippen LogP contribution in [0.25, 0.3) is 5.57 Å². The molecule has 0 nitrogen and oxygen atoms in total. The van der Waals surface area contributed by atoms with E-state index in [-0.39, 0.29) is 24.0 Å². The fraction of sp³-hybridized carbons (Fsp3) is 0.263. The molecule has 0 saturated carbocycles. The predicted molar refractivity (Wildman–Crippen MR) is 82.1 cm³/mol. The van der Waals surface area contributed by atoms with Crippen LogP contribution in [-0.2, 0) is 19.3 Å². The van der Waals surface area contributed by atoms with Crippen LogP contribution in [-0.4, -0.2) is 0 Å². The maximum absolute atomic E-state index is 14.3. The third-order valence-electron chi connectivity index (χ3n) is 4.19. The summed E-state index contributed by atoms with van der Waals surface area (Å²) in [5.74, 6) is -2.99. The van der Waals surface area contributed by atoms with Gasteiger partial charge in [-0.15, -0.1) is 0 Å². The Balaban J connectivity index is 1.99. The Morgan fingerprint density at radius 1 is 0.957 bits per heavy atom. The Morgan fingerprint density at radius 2 is 1.65 bits per heavy atom. The second-order valence-corrected chi connectivity index (χ2v) is 5.79. The van der Waals surface area contributed by atoms with Gasteiger partial charge in [-0.3, -0.25) is 0 Å². The lowest BCUT2D eigenvalue weighted by molar-refractivity contribution is 0.499. The van der Waals surface area contributed by atoms with Crippen molar-refractivity contribution in [1.29, 1.82) is 0 Å². The highest BCUT2D eigenvalue weighted by Gasteiger charge is 2.22. The predicted octanol–water partition coefficient (Wildman–Crippen LogP) is 5.38. The maximum atomic E-state index is 14.3. The van der Waals surface area contributed by atoms with Crippen LogP contribution in [0.5, 0.6) is 0 Å². The molecule has 0 amide bonds. The van der Waals surface area contributed by atoms with E-state index in [0.29, 0.717) is 23.1 Å². The lowest BCUT2D eigenvalue weighted by Gasteiger charge is -2.19. The van der Waals surface area contributed by atoms with Crippen LogP contribution < -0.4 is 0 Å². The zero-order chi connectivity index (χ0) is 16.6. The Kier molecular flexibility index (Phi) is 4.24. The largest absolute Gasteiger partial charge is 0.206 e. The Morgan fingerprint density at radius 3 is 2.30 bits per heavy atom. The monoisotopic (exact) mass is 320 g/mol. The van der Waals surface area contributed by atoms with Crippen molar-refractivity contribution in [2.24, 2.45) is 0 Å². The summed E-state index contributed by atoms with van der Waals surface area (Å²) in [5.41, 5.74) is 1.85. The van der Waals surface area contributed by atoms with Crippen molar-refractivity contribution >= 4 is 5.57 Å². The molecule has 0 unspecified atom stereocenters. The second-order valence-electron chi connectivity index (χ2n) is 5.79. The molecule has 120 valence electrons. The van der Waals surface area contributed by atoms with Crippen molar-refractivity contribution in [3.8, 4) is 0 Å². The quantitative estimate of drug-likeness (QED) is 0.666. The summed E-state index contributed by atoms with van der Waals surface area (Å²) in [4.78, 5) is 0. The van der Waals surface area contributed by atoms with Crippen molar-refractivity contribution in [2.45, 2.75) is 32.6 Å². The summed E-state index contributed by atoms with van der Waals surface area (Å²) in [6.45, 7) is 1.94. The molecule has 0 saturated heterocycles. The van der Waals surface area contributed by atoms with Crippen molar-refractivity contribution < 1.29 is 17.6 Å². The lowest BCUT2D eigenvalue weighted by Crippen LogP contribution is -2.09. The van der Waals surface area contributed by atoms with E-state index in [2.05, 4.69) is 0 Å². The summed E-state index contributed by atoms with van der Waals surface area (Å²) in [7, 11) is 0. The number of hydrogen-bond acceptors (Lipinski definition) is 0. The van der Waals surface area contributed by atoms with Crippen molar-refractivity contribution in [3.05, 3.63) is 75.9 Å². The van der Waals surface area contributed by atoms with Crippen LogP contribution >= 0.6 is 0 Å². The van der Waals surface area contributed by atoms with Crippen molar-refractivity contribution in [2.75, 3.05) is 0 Å². The van der Waals surface area contributed by atoms with E-state index < -0.39 is 23.3 Å². The van der Waals surface area contributed by atoms with Gasteiger partial charge in [0.1, 0.15) is 11.6 Å². The van der Waals surface area contributed by atoms with E-state index in [1.54, 1.807) is 6.08 Å². The first-order valence-corrected chi connectivity index (χ1v) is 7.64. The van der Waals surface area contributed by atoms with E-state index in [1.165, 1.54) is 18.2 Å². The molecule has 4 heteroatoms. The Hall–Kier alpha value is -2.10. The van der Waals surface area contributed by atoms with Gasteiger partial charge in [0.25, 0.3) is 0 Å². The molecule has 0 bridgehead atoms. The Labute approximate surface area is 132 Å².